The third-order valence-electron chi connectivity index (χ3n) is 2.88. The predicted octanol–water partition coefficient (Wildman–Crippen LogP) is 2.39. The maximum Gasteiger partial charge on any atom is 0.221 e. The van der Waals surface area contributed by atoms with Crippen molar-refractivity contribution in [2.75, 3.05) is 23.9 Å². The number of ether oxygens (including phenoxy) is 1. The Hall–Kier alpha value is -1.03. The second-order valence-corrected chi connectivity index (χ2v) is 4.55. The molecule has 0 saturated heterocycles. The summed E-state index contributed by atoms with van der Waals surface area (Å²) in [6.07, 6.45) is 4.02. The van der Waals surface area contributed by atoms with Crippen LogP contribution in [0.5, 0.6) is 5.88 Å². The van der Waals surface area contributed by atoms with Crippen molar-refractivity contribution in [3.8, 4) is 5.88 Å². The fourth-order valence-electron chi connectivity index (χ4n) is 1.94. The molecule has 1 heterocycles. The Morgan fingerprint density at radius 3 is 2.82 bits per heavy atom. The summed E-state index contributed by atoms with van der Waals surface area (Å²) in [7, 11) is 0. The molecule has 0 aliphatic heterocycles. The third-order valence-corrected chi connectivity index (χ3v) is 3.05. The molecule has 0 aromatic carbocycles. The normalized spacial score (nSPS) is 14.8. The lowest BCUT2D eigenvalue weighted by Crippen LogP contribution is -2.29. The molecule has 1 saturated carbocycles. The molecule has 1 aliphatic carbocycles. The highest BCUT2D eigenvalue weighted by Crippen LogP contribution is 2.33. The molecule has 1 fully saturated rings. The summed E-state index contributed by atoms with van der Waals surface area (Å²) < 4.78 is 5.49. The Morgan fingerprint density at radius 2 is 2.24 bits per heavy atom. The zero-order valence-electron chi connectivity index (χ0n) is 10.3. The Bertz CT molecular complexity index is 382. The van der Waals surface area contributed by atoms with Crippen LogP contribution in [0.1, 0.15) is 25.3 Å². The zero-order chi connectivity index (χ0) is 12.3. The Labute approximate surface area is 107 Å². The van der Waals surface area contributed by atoms with Crippen LogP contribution >= 0.6 is 11.6 Å². The molecular formula is C12H18ClN3O. The van der Waals surface area contributed by atoms with E-state index in [4.69, 9.17) is 16.3 Å². The van der Waals surface area contributed by atoms with Gasteiger partial charge in [-0.2, -0.15) is 0 Å². The summed E-state index contributed by atoms with van der Waals surface area (Å²) >= 11 is 5.85. The molecular weight excluding hydrogens is 238 g/mol. The van der Waals surface area contributed by atoms with Gasteiger partial charge in [0.05, 0.1) is 12.2 Å². The number of alkyl halides is 1. The number of anilines is 1. The second-order valence-electron chi connectivity index (χ2n) is 4.17. The summed E-state index contributed by atoms with van der Waals surface area (Å²) in [5.74, 6) is 2.26. The molecule has 5 heteroatoms. The summed E-state index contributed by atoms with van der Waals surface area (Å²) in [5.41, 5.74) is 1.01. The van der Waals surface area contributed by atoms with Gasteiger partial charge in [-0.15, -0.1) is 11.6 Å². The van der Waals surface area contributed by atoms with Gasteiger partial charge in [0.15, 0.2) is 0 Å². The van der Waals surface area contributed by atoms with Crippen LogP contribution in [0, 0.1) is 6.92 Å². The van der Waals surface area contributed by atoms with Crippen LogP contribution < -0.4 is 9.64 Å². The van der Waals surface area contributed by atoms with E-state index in [2.05, 4.69) is 14.9 Å². The minimum atomic E-state index is 0.594. The van der Waals surface area contributed by atoms with Gasteiger partial charge < -0.3 is 9.64 Å². The van der Waals surface area contributed by atoms with Crippen molar-refractivity contribution < 1.29 is 4.74 Å². The minimum Gasteiger partial charge on any atom is -0.478 e. The molecule has 0 bridgehead atoms. The van der Waals surface area contributed by atoms with Crippen LogP contribution in [0.3, 0.4) is 0 Å². The molecule has 17 heavy (non-hydrogen) atoms. The quantitative estimate of drug-likeness (QED) is 0.732. The van der Waals surface area contributed by atoms with E-state index >= 15 is 0 Å². The predicted molar refractivity (Wildman–Crippen MR) is 69.0 cm³/mol. The zero-order valence-corrected chi connectivity index (χ0v) is 11.1. The van der Waals surface area contributed by atoms with Crippen molar-refractivity contribution in [1.82, 2.24) is 9.97 Å². The van der Waals surface area contributed by atoms with Crippen LogP contribution in [0.15, 0.2) is 6.33 Å². The molecule has 0 radical (unpaired) electrons. The van der Waals surface area contributed by atoms with Gasteiger partial charge in [-0.05, 0) is 26.7 Å². The minimum absolute atomic E-state index is 0.594. The van der Waals surface area contributed by atoms with E-state index in [0.29, 0.717) is 24.4 Å². The number of aromatic nitrogens is 2. The number of halogens is 1. The molecule has 0 N–H and O–H groups in total. The van der Waals surface area contributed by atoms with Gasteiger partial charge >= 0.3 is 0 Å². The van der Waals surface area contributed by atoms with Crippen molar-refractivity contribution in [3.63, 3.8) is 0 Å². The smallest absolute Gasteiger partial charge is 0.221 e. The summed E-state index contributed by atoms with van der Waals surface area (Å²) in [4.78, 5) is 10.8. The molecule has 1 aromatic rings. The lowest BCUT2D eigenvalue weighted by Gasteiger charge is -2.24. The van der Waals surface area contributed by atoms with Gasteiger partial charge in [0, 0.05) is 18.5 Å². The Morgan fingerprint density at radius 1 is 1.47 bits per heavy atom. The molecule has 1 aromatic heterocycles. The van der Waals surface area contributed by atoms with Crippen LogP contribution in [-0.2, 0) is 0 Å². The van der Waals surface area contributed by atoms with E-state index in [0.717, 1.165) is 17.9 Å². The fourth-order valence-corrected chi connectivity index (χ4v) is 2.12. The first-order valence-corrected chi connectivity index (χ1v) is 6.58. The standard InChI is InChI=1S/C12H18ClN3O/c1-3-17-12-9(2)11(14-8-15-12)16(7-6-13)10-4-5-10/h8,10H,3-7H2,1-2H3. The highest BCUT2D eigenvalue weighted by molar-refractivity contribution is 6.18. The van der Waals surface area contributed by atoms with E-state index in [9.17, 15) is 0 Å². The third kappa shape index (κ3) is 2.80. The van der Waals surface area contributed by atoms with Gasteiger partial charge in [-0.25, -0.2) is 9.97 Å². The summed E-state index contributed by atoms with van der Waals surface area (Å²) in [6, 6.07) is 0.594. The van der Waals surface area contributed by atoms with E-state index in [1.807, 2.05) is 13.8 Å². The molecule has 94 valence electrons. The van der Waals surface area contributed by atoms with Gasteiger partial charge in [0.1, 0.15) is 12.1 Å². The monoisotopic (exact) mass is 255 g/mol. The first kappa shape index (κ1) is 12.4. The highest BCUT2D eigenvalue weighted by atomic mass is 35.5. The first-order valence-electron chi connectivity index (χ1n) is 6.05. The number of nitrogens with zero attached hydrogens (tertiary/aromatic N) is 3. The molecule has 4 nitrogen and oxygen atoms in total. The van der Waals surface area contributed by atoms with Crippen molar-refractivity contribution in [2.24, 2.45) is 0 Å². The fraction of sp³-hybridized carbons (Fsp3) is 0.667. The number of hydrogen-bond donors (Lipinski definition) is 0. The van der Waals surface area contributed by atoms with E-state index in [-0.39, 0.29) is 0 Å². The van der Waals surface area contributed by atoms with Gasteiger partial charge in [0.2, 0.25) is 5.88 Å². The molecule has 0 amide bonds. The lowest BCUT2D eigenvalue weighted by molar-refractivity contribution is 0.323. The number of hydrogen-bond acceptors (Lipinski definition) is 4. The van der Waals surface area contributed by atoms with Crippen LogP contribution in [0.25, 0.3) is 0 Å². The average molecular weight is 256 g/mol. The number of rotatable bonds is 6. The average Bonchev–Trinajstić information content (AvgIpc) is 3.14. The van der Waals surface area contributed by atoms with Crippen LogP contribution in [-0.4, -0.2) is 35.0 Å². The molecule has 0 unspecified atom stereocenters. The maximum atomic E-state index is 5.85. The van der Waals surface area contributed by atoms with E-state index in [1.165, 1.54) is 12.8 Å². The Kier molecular flexibility index (Phi) is 4.05. The second kappa shape index (κ2) is 5.54. The van der Waals surface area contributed by atoms with Gasteiger partial charge in [-0.3, -0.25) is 0 Å². The lowest BCUT2D eigenvalue weighted by atomic mass is 10.3. The molecule has 1 aliphatic rings. The highest BCUT2D eigenvalue weighted by Gasteiger charge is 2.31. The van der Waals surface area contributed by atoms with Gasteiger partial charge in [-0.1, -0.05) is 0 Å². The van der Waals surface area contributed by atoms with Crippen molar-refractivity contribution >= 4 is 17.4 Å². The largest absolute Gasteiger partial charge is 0.478 e. The van der Waals surface area contributed by atoms with Crippen molar-refractivity contribution in [1.29, 1.82) is 0 Å². The first-order chi connectivity index (χ1) is 8.27. The van der Waals surface area contributed by atoms with Crippen molar-refractivity contribution in [3.05, 3.63) is 11.9 Å². The van der Waals surface area contributed by atoms with Crippen LogP contribution in [0.4, 0.5) is 5.82 Å². The van der Waals surface area contributed by atoms with Crippen molar-refractivity contribution in [2.45, 2.75) is 32.7 Å². The Balaban J connectivity index is 2.25. The molecule has 2 rings (SSSR count). The molecule has 0 spiro atoms. The summed E-state index contributed by atoms with van der Waals surface area (Å²) in [5, 5.41) is 0. The SMILES string of the molecule is CCOc1ncnc(N(CCCl)C2CC2)c1C. The maximum absolute atomic E-state index is 5.85. The van der Waals surface area contributed by atoms with E-state index < -0.39 is 0 Å². The van der Waals surface area contributed by atoms with Gasteiger partial charge in [0.25, 0.3) is 0 Å². The van der Waals surface area contributed by atoms with Crippen LogP contribution in [0.2, 0.25) is 0 Å². The topological polar surface area (TPSA) is 38.3 Å². The molecule has 0 atom stereocenters. The van der Waals surface area contributed by atoms with E-state index in [1.54, 1.807) is 6.33 Å². The summed E-state index contributed by atoms with van der Waals surface area (Å²) in [6.45, 7) is 5.41.